The summed E-state index contributed by atoms with van der Waals surface area (Å²) in [5, 5.41) is -6.87. The first kappa shape index (κ1) is 27.5. The standard InChI is InChI=1S/C9H7F13N2O4S/c10-3(11)4(12)27-7(17,18)5(13,6(14,15)16)28-8(19,20)9(21,22)29(25,26)24-2-1-23/h24H,1-2,23H2. The molecule has 1 unspecified atom stereocenters. The summed E-state index contributed by atoms with van der Waals surface area (Å²) in [6.45, 7) is -2.05. The van der Waals surface area contributed by atoms with Crippen LogP contribution in [-0.4, -0.2) is 51.0 Å². The lowest BCUT2D eigenvalue weighted by molar-refractivity contribution is -0.510. The highest BCUT2D eigenvalue weighted by molar-refractivity contribution is 7.90. The molecule has 0 heterocycles. The van der Waals surface area contributed by atoms with E-state index in [1.165, 1.54) is 0 Å². The van der Waals surface area contributed by atoms with Crippen molar-refractivity contribution < 1.29 is 75.0 Å². The average molecular weight is 486 g/mol. The molecular formula is C9H7F13N2O4S. The van der Waals surface area contributed by atoms with E-state index in [0.29, 0.717) is 4.72 Å². The van der Waals surface area contributed by atoms with Crippen LogP contribution in [0.15, 0.2) is 12.1 Å². The Balaban J connectivity index is 6.35. The van der Waals surface area contributed by atoms with Gasteiger partial charge in [-0.3, -0.25) is 4.74 Å². The van der Waals surface area contributed by atoms with Gasteiger partial charge in [0.15, 0.2) is 0 Å². The van der Waals surface area contributed by atoms with Crippen molar-refractivity contribution in [1.82, 2.24) is 4.72 Å². The number of sulfonamides is 1. The van der Waals surface area contributed by atoms with Crippen LogP contribution < -0.4 is 10.5 Å². The topological polar surface area (TPSA) is 90.7 Å². The van der Waals surface area contributed by atoms with Crippen molar-refractivity contribution in [2.24, 2.45) is 5.73 Å². The molecule has 0 amide bonds. The molecule has 0 spiro atoms. The van der Waals surface area contributed by atoms with Crippen molar-refractivity contribution in [2.75, 3.05) is 13.1 Å². The number of nitrogens with two attached hydrogens (primary N) is 1. The first-order valence-corrected chi connectivity index (χ1v) is 7.76. The fraction of sp³-hybridized carbons (Fsp3) is 0.778. The maximum absolute atomic E-state index is 13.7. The van der Waals surface area contributed by atoms with Gasteiger partial charge in [0.25, 0.3) is 10.0 Å². The predicted molar refractivity (Wildman–Crippen MR) is 63.2 cm³/mol. The summed E-state index contributed by atoms with van der Waals surface area (Å²) >= 11 is 0. The Kier molecular flexibility index (Phi) is 7.86. The second kappa shape index (κ2) is 8.30. The van der Waals surface area contributed by atoms with Gasteiger partial charge >= 0.3 is 41.6 Å². The molecule has 0 radical (unpaired) electrons. The van der Waals surface area contributed by atoms with Gasteiger partial charge in [0, 0.05) is 13.1 Å². The third-order valence-electron chi connectivity index (χ3n) is 2.49. The number of rotatable bonds is 10. The van der Waals surface area contributed by atoms with Crippen LogP contribution in [0.2, 0.25) is 0 Å². The summed E-state index contributed by atoms with van der Waals surface area (Å²) in [6.07, 6.45) is -25.9. The third-order valence-corrected chi connectivity index (χ3v) is 3.98. The van der Waals surface area contributed by atoms with E-state index < -0.39 is 64.7 Å². The van der Waals surface area contributed by atoms with Crippen molar-refractivity contribution in [3.05, 3.63) is 12.1 Å². The fourth-order valence-electron chi connectivity index (χ4n) is 1.18. The molecule has 0 aliphatic rings. The molecule has 174 valence electrons. The van der Waals surface area contributed by atoms with Crippen LogP contribution in [0.3, 0.4) is 0 Å². The molecule has 29 heavy (non-hydrogen) atoms. The van der Waals surface area contributed by atoms with E-state index >= 15 is 0 Å². The molecule has 3 N–H and O–H groups in total. The summed E-state index contributed by atoms with van der Waals surface area (Å²) in [5.41, 5.74) is 4.66. The number of hydrogen-bond acceptors (Lipinski definition) is 5. The minimum atomic E-state index is -7.49. The first-order valence-electron chi connectivity index (χ1n) is 6.28. The summed E-state index contributed by atoms with van der Waals surface area (Å²) in [5.74, 6) is -7.46. The minimum absolute atomic E-state index is 0.614. The predicted octanol–water partition coefficient (Wildman–Crippen LogP) is 2.94. The van der Waals surface area contributed by atoms with Crippen LogP contribution in [-0.2, 0) is 19.5 Å². The van der Waals surface area contributed by atoms with Crippen LogP contribution >= 0.6 is 0 Å². The molecule has 20 heteroatoms. The van der Waals surface area contributed by atoms with Crippen LogP contribution in [0.25, 0.3) is 0 Å². The van der Waals surface area contributed by atoms with Gasteiger partial charge in [0.1, 0.15) is 0 Å². The molecule has 0 aromatic carbocycles. The Morgan fingerprint density at radius 2 is 1.31 bits per heavy atom. The van der Waals surface area contributed by atoms with Gasteiger partial charge in [0.05, 0.1) is 0 Å². The molecule has 0 fully saturated rings. The van der Waals surface area contributed by atoms with Crippen LogP contribution in [0.1, 0.15) is 0 Å². The molecule has 0 aromatic rings. The van der Waals surface area contributed by atoms with Crippen molar-refractivity contribution in [3.8, 4) is 0 Å². The highest BCUT2D eigenvalue weighted by Crippen LogP contribution is 2.53. The molecular weight excluding hydrogens is 479 g/mol. The van der Waals surface area contributed by atoms with Crippen molar-refractivity contribution in [3.63, 3.8) is 0 Å². The van der Waals surface area contributed by atoms with Gasteiger partial charge in [-0.1, -0.05) is 0 Å². The second-order valence-electron chi connectivity index (χ2n) is 4.57. The van der Waals surface area contributed by atoms with Crippen LogP contribution in [0.4, 0.5) is 57.1 Å². The number of ether oxygens (including phenoxy) is 2. The summed E-state index contributed by atoms with van der Waals surface area (Å²) in [4.78, 5) is 0. The maximum atomic E-state index is 13.7. The van der Waals surface area contributed by atoms with E-state index in [1.54, 1.807) is 4.74 Å². The van der Waals surface area contributed by atoms with E-state index in [-0.39, 0.29) is 0 Å². The number of hydrogen-bond donors (Lipinski definition) is 2. The zero-order valence-corrected chi connectivity index (χ0v) is 13.8. The lowest BCUT2D eigenvalue weighted by Crippen LogP contribution is -2.65. The number of halogens is 13. The first-order chi connectivity index (χ1) is 12.6. The molecule has 1 atom stereocenters. The Bertz CT molecular complexity index is 718. The van der Waals surface area contributed by atoms with E-state index in [0.717, 1.165) is 0 Å². The second-order valence-corrected chi connectivity index (χ2v) is 6.38. The number of nitrogens with one attached hydrogen (secondary N) is 1. The summed E-state index contributed by atoms with van der Waals surface area (Å²) in [6, 6.07) is -3.92. The molecule has 6 nitrogen and oxygen atoms in total. The maximum Gasteiger partial charge on any atom is 0.471 e. The van der Waals surface area contributed by atoms with Gasteiger partial charge in [-0.25, -0.2) is 13.1 Å². The summed E-state index contributed by atoms with van der Waals surface area (Å²) in [7, 11) is -6.74. The monoisotopic (exact) mass is 486 g/mol. The lowest BCUT2D eigenvalue weighted by Gasteiger charge is -2.36. The lowest BCUT2D eigenvalue weighted by atomic mass is 10.2. The largest absolute Gasteiger partial charge is 0.471 e. The third kappa shape index (κ3) is 5.34. The van der Waals surface area contributed by atoms with Crippen LogP contribution in [0, 0.1) is 0 Å². The fourth-order valence-corrected chi connectivity index (χ4v) is 2.10. The Morgan fingerprint density at radius 1 is 0.862 bits per heavy atom. The minimum Gasteiger partial charge on any atom is -0.398 e. The number of alkyl halides is 10. The van der Waals surface area contributed by atoms with Crippen molar-refractivity contribution >= 4 is 10.0 Å². The molecule has 0 bridgehead atoms. The molecule has 0 aliphatic carbocycles. The molecule has 0 aliphatic heterocycles. The van der Waals surface area contributed by atoms with E-state index in [9.17, 15) is 65.5 Å². The van der Waals surface area contributed by atoms with Gasteiger partial charge in [-0.05, 0) is 0 Å². The Labute approximate surface area is 151 Å². The van der Waals surface area contributed by atoms with Crippen LogP contribution in [0.5, 0.6) is 0 Å². The Morgan fingerprint density at radius 3 is 1.66 bits per heavy atom. The van der Waals surface area contributed by atoms with Gasteiger partial charge < -0.3 is 10.5 Å². The normalized spacial score (nSPS) is 16.3. The Hall–Kier alpha value is -1.54. The molecule has 0 saturated carbocycles. The SMILES string of the molecule is NCCNS(=O)(=O)C(F)(F)C(F)(F)OC(F)(C(F)(F)F)C(F)(F)OC(F)=C(F)F. The molecule has 0 saturated heterocycles. The van der Waals surface area contributed by atoms with E-state index in [4.69, 9.17) is 0 Å². The van der Waals surface area contributed by atoms with Crippen molar-refractivity contribution in [1.29, 1.82) is 0 Å². The zero-order valence-electron chi connectivity index (χ0n) is 12.9. The highest BCUT2D eigenvalue weighted by Gasteiger charge is 2.82. The van der Waals surface area contributed by atoms with E-state index in [2.05, 4.69) is 5.73 Å². The molecule has 0 aromatic heterocycles. The summed E-state index contributed by atoms with van der Waals surface area (Å²) < 4.78 is 193. The van der Waals surface area contributed by atoms with Gasteiger partial charge in [0.2, 0.25) is 0 Å². The van der Waals surface area contributed by atoms with Crippen molar-refractivity contribution in [2.45, 2.75) is 29.5 Å². The van der Waals surface area contributed by atoms with Gasteiger partial charge in [-0.2, -0.15) is 57.1 Å². The molecule has 0 rings (SSSR count). The quantitative estimate of drug-likeness (QED) is 0.366. The zero-order chi connectivity index (χ0) is 23.7. The van der Waals surface area contributed by atoms with Gasteiger partial charge in [-0.15, -0.1) is 0 Å². The smallest absolute Gasteiger partial charge is 0.398 e. The highest BCUT2D eigenvalue weighted by atomic mass is 32.2. The average Bonchev–Trinajstić information content (AvgIpc) is 2.50. The van der Waals surface area contributed by atoms with E-state index in [1.807, 2.05) is 4.74 Å².